The molecule has 0 spiro atoms. The number of benzene rings is 19. The largest absolute Gasteiger partial charge is 0.309 e. The van der Waals surface area contributed by atoms with E-state index >= 15 is 0 Å². The molecule has 0 atom stereocenters. The summed E-state index contributed by atoms with van der Waals surface area (Å²) in [5.74, 6) is 5.06. The zero-order chi connectivity index (χ0) is 96.0. The third kappa shape index (κ3) is 13.1. The molecule has 3 aliphatic rings. The van der Waals surface area contributed by atoms with Gasteiger partial charge in [0.25, 0.3) is 0 Å². The van der Waals surface area contributed by atoms with Gasteiger partial charge in [-0.05, 0) is 220 Å². The van der Waals surface area contributed by atoms with Gasteiger partial charge in [0.15, 0.2) is 46.6 Å². The number of rotatable bonds is 15. The molecule has 144 heavy (non-hydrogen) atoms. The van der Waals surface area contributed by atoms with Crippen molar-refractivity contribution in [3.8, 4) is 186 Å². The van der Waals surface area contributed by atoms with E-state index in [4.69, 9.17) is 44.9 Å². The second kappa shape index (κ2) is 32.3. The second-order valence-electron chi connectivity index (χ2n) is 39.9. The van der Waals surface area contributed by atoms with Crippen molar-refractivity contribution >= 4 is 65.4 Å². The predicted molar refractivity (Wildman–Crippen MR) is 588 cm³/mol. The van der Waals surface area contributed by atoms with Gasteiger partial charge < -0.3 is 9.13 Å². The Morgan fingerprint density at radius 3 is 1.04 bits per heavy atom. The lowest BCUT2D eigenvalue weighted by Gasteiger charge is -2.24. The minimum absolute atomic E-state index is 0.237. The maximum absolute atomic E-state index is 5.60. The molecule has 19 aromatic carbocycles. The Balaban J connectivity index is 0.580. The predicted octanol–water partition coefficient (Wildman–Crippen LogP) is 32.5. The first-order valence-corrected chi connectivity index (χ1v) is 49.4. The van der Waals surface area contributed by atoms with Crippen molar-refractivity contribution in [2.75, 3.05) is 0 Å². The lowest BCUT2D eigenvalue weighted by atomic mass is 9.80. The maximum Gasteiger partial charge on any atom is 0.238 e. The van der Waals surface area contributed by atoms with Crippen LogP contribution in [0, 0.1) is 0 Å². The minimum Gasteiger partial charge on any atom is -0.309 e. The minimum atomic E-state index is -0.482. The summed E-state index contributed by atoms with van der Waals surface area (Å²) in [6.07, 6.45) is 0. The Hall–Kier alpha value is -18.4. The fourth-order valence-electron chi connectivity index (χ4n) is 23.9. The summed E-state index contributed by atoms with van der Waals surface area (Å²) in [5, 5.41) is 6.88. The second-order valence-corrected chi connectivity index (χ2v) is 39.9. The lowest BCUT2D eigenvalue weighted by Crippen LogP contribution is -2.17. The van der Waals surface area contributed by atoms with E-state index in [1.807, 2.05) is 42.5 Å². The molecule has 12 nitrogen and oxygen atoms in total. The number of hydrogen-bond acceptors (Lipinski definition) is 9. The van der Waals surface area contributed by atoms with Crippen LogP contribution in [0.3, 0.4) is 0 Å². The zero-order valence-electron chi connectivity index (χ0n) is 79.9. The molecule has 0 N–H and O–H groups in total. The van der Waals surface area contributed by atoms with Gasteiger partial charge >= 0.3 is 0 Å². The van der Waals surface area contributed by atoms with Gasteiger partial charge in [0, 0.05) is 104 Å². The van der Waals surface area contributed by atoms with Gasteiger partial charge in [-0.3, -0.25) is 4.57 Å². The van der Waals surface area contributed by atoms with Crippen LogP contribution >= 0.6 is 0 Å². The summed E-state index contributed by atoms with van der Waals surface area (Å²) in [4.78, 5) is 49.4. The number of hydrogen-bond donors (Lipinski definition) is 0. The first-order valence-electron chi connectivity index (χ1n) is 49.4. The van der Waals surface area contributed by atoms with Crippen molar-refractivity contribution in [2.45, 2.75) is 57.8 Å². The zero-order valence-corrected chi connectivity index (χ0v) is 79.9. The van der Waals surface area contributed by atoms with Crippen molar-refractivity contribution in [1.82, 2.24) is 58.6 Å². The SMILES string of the molecule is CC1(C)c2ccccc2-c2ccc3c4ccccc4n(-c4ccc(-c5nc(-c6ccccc6)nc(-c6cc(-c7ccccc7)cc(-c7cc8c9ccccc9n(-c9ccc(-c%10nc(-c%11ccccc%11)nc(-c%11cccc(-c%12cc%13c(c%14c%12c%12ccccc%12n%14-c%12nc(-c%14ccccc%14)nc(-c%14cccc(-c%15ccccc%15)c%14)n%12)C(C)(C)c%12ccccc%12-%13)c%11)n%10)cc9)c8c8c7-c7ccccc7C8(C)C)c6)n5)cc4)c3c21. The summed E-state index contributed by atoms with van der Waals surface area (Å²) >= 11 is 0. The van der Waals surface area contributed by atoms with Gasteiger partial charge in [-0.1, -0.05) is 369 Å². The monoisotopic (exact) mass is 1840 g/mol. The standard InChI is InChI=1S/C132H90N12/c1-130(2)107-56-28-22-50-95(107)99-70-71-100-97-52-25-31-59-110(97)142(118(100)115(99)130)93-66-62-85(63-67-93)124-134-122(82-42-18-10-19-43-82)137-128(138-124)92-75-90(80-38-14-8-15-39-80)74-91(76-92)104-78-106-98-53-26-32-60-111(98)143(119(106)117-113(104)101-54-24-30-58-109(101)132(117,5)6)94-68-64-84(65-69-94)123-133-121(81-40-16-9-17-41-81)135-126(136-123)89-49-35-47-87(73-89)103-77-105-96-51-23-29-57-108(96)131(3,4)116(105)120-114(103)102-55-27-33-61-112(102)144(120)129-140-125(83-44-20-11-21-45-83)139-127(141-129)88-48-34-46-86(72-88)79-36-12-7-13-37-79/h7-78H,1-6H3. The van der Waals surface area contributed by atoms with E-state index < -0.39 is 10.8 Å². The first-order chi connectivity index (χ1) is 70.7. The van der Waals surface area contributed by atoms with Gasteiger partial charge in [0.05, 0.1) is 33.1 Å². The number of nitrogens with zero attached hydrogens (tertiary/aromatic N) is 12. The molecule has 0 saturated heterocycles. The van der Waals surface area contributed by atoms with Gasteiger partial charge in [0.2, 0.25) is 5.95 Å². The highest BCUT2D eigenvalue weighted by molar-refractivity contribution is 6.21. The van der Waals surface area contributed by atoms with Crippen LogP contribution in [-0.2, 0) is 16.2 Å². The molecular weight excluding hydrogens is 1750 g/mol. The number of aromatic nitrogens is 12. The summed E-state index contributed by atoms with van der Waals surface area (Å²) in [5.41, 5.74) is 37.9. The molecule has 12 heteroatoms. The fourth-order valence-corrected chi connectivity index (χ4v) is 23.9. The molecule has 28 rings (SSSR count). The maximum atomic E-state index is 5.60. The summed E-state index contributed by atoms with van der Waals surface area (Å²) in [7, 11) is 0. The lowest BCUT2D eigenvalue weighted by molar-refractivity contribution is 0.663. The van der Waals surface area contributed by atoms with Crippen LogP contribution < -0.4 is 0 Å². The normalized spacial score (nSPS) is 13.4. The van der Waals surface area contributed by atoms with Crippen molar-refractivity contribution in [1.29, 1.82) is 0 Å². The molecule has 0 amide bonds. The number of para-hydroxylation sites is 3. The van der Waals surface area contributed by atoms with Crippen molar-refractivity contribution < 1.29 is 0 Å². The quantitative estimate of drug-likeness (QED) is 0.0984. The Kier molecular flexibility index (Phi) is 18.8. The van der Waals surface area contributed by atoms with Gasteiger partial charge in [-0.15, -0.1) is 0 Å². The molecule has 0 bridgehead atoms. The first kappa shape index (κ1) is 83.7. The van der Waals surface area contributed by atoms with Crippen LogP contribution in [0.4, 0.5) is 0 Å². The summed E-state index contributed by atoms with van der Waals surface area (Å²) < 4.78 is 7.29. The van der Waals surface area contributed by atoms with E-state index in [0.29, 0.717) is 52.5 Å². The van der Waals surface area contributed by atoms with E-state index in [9.17, 15) is 0 Å². The van der Waals surface area contributed by atoms with Crippen molar-refractivity contribution in [3.63, 3.8) is 0 Å². The average Bonchev–Trinajstić information content (AvgIpc) is 1.53. The van der Waals surface area contributed by atoms with Crippen LogP contribution in [0.1, 0.15) is 74.9 Å². The van der Waals surface area contributed by atoms with Crippen molar-refractivity contribution in [3.05, 3.63) is 470 Å². The molecule has 0 aliphatic heterocycles. The van der Waals surface area contributed by atoms with E-state index in [1.54, 1.807) is 0 Å². The van der Waals surface area contributed by atoms with E-state index in [-0.39, 0.29) is 5.41 Å². The van der Waals surface area contributed by atoms with Crippen LogP contribution in [0.15, 0.2) is 437 Å². The molecule has 678 valence electrons. The van der Waals surface area contributed by atoms with E-state index in [0.717, 1.165) is 155 Å². The fraction of sp³-hybridized carbons (Fsp3) is 0.0682. The van der Waals surface area contributed by atoms with E-state index in [1.165, 1.54) is 77.5 Å². The highest BCUT2D eigenvalue weighted by Gasteiger charge is 2.44. The molecule has 0 radical (unpaired) electrons. The van der Waals surface area contributed by atoms with Gasteiger partial charge in [-0.25, -0.2) is 34.9 Å². The highest BCUT2D eigenvalue weighted by Crippen LogP contribution is 2.60. The molecule has 0 saturated carbocycles. The third-order valence-corrected chi connectivity index (χ3v) is 30.5. The molecular formula is C132H90N12. The average molecular weight is 1840 g/mol. The van der Waals surface area contributed by atoms with Gasteiger partial charge in [-0.2, -0.15) is 9.97 Å². The highest BCUT2D eigenvalue weighted by atomic mass is 15.2. The molecule has 6 aromatic heterocycles. The molecule has 6 heterocycles. The number of fused-ring (bicyclic) bond motifs is 21. The molecule has 25 aromatic rings. The Labute approximate surface area is 832 Å². The van der Waals surface area contributed by atoms with Crippen LogP contribution in [0.5, 0.6) is 0 Å². The summed E-state index contributed by atoms with van der Waals surface area (Å²) in [6, 6.07) is 157. The van der Waals surface area contributed by atoms with Gasteiger partial charge in [0.1, 0.15) is 0 Å². The van der Waals surface area contributed by atoms with Crippen LogP contribution in [-0.4, -0.2) is 58.6 Å². The summed E-state index contributed by atoms with van der Waals surface area (Å²) in [6.45, 7) is 14.3. The van der Waals surface area contributed by atoms with Crippen molar-refractivity contribution in [2.24, 2.45) is 0 Å². The Morgan fingerprint density at radius 1 is 0.174 bits per heavy atom. The van der Waals surface area contributed by atoms with Crippen LogP contribution in [0.2, 0.25) is 0 Å². The Bertz CT molecular complexity index is 9640. The topological polar surface area (TPSA) is 131 Å². The van der Waals surface area contributed by atoms with Crippen LogP contribution in [0.25, 0.3) is 252 Å². The van der Waals surface area contributed by atoms with E-state index in [2.05, 4.69) is 450 Å². The Morgan fingerprint density at radius 2 is 0.514 bits per heavy atom. The molecule has 0 unspecified atom stereocenters. The molecule has 3 aliphatic carbocycles. The molecule has 0 fully saturated rings. The third-order valence-electron chi connectivity index (χ3n) is 30.5. The smallest absolute Gasteiger partial charge is 0.238 e.